The van der Waals surface area contributed by atoms with Gasteiger partial charge in [-0.25, -0.2) is 8.78 Å². The lowest BCUT2D eigenvalue weighted by atomic mass is 10.2. The fourth-order valence-corrected chi connectivity index (χ4v) is 0.663. The third-order valence-corrected chi connectivity index (χ3v) is 1.09. The highest BCUT2D eigenvalue weighted by Gasteiger charge is 2.36. The van der Waals surface area contributed by atoms with Gasteiger partial charge >= 0.3 is 6.18 Å². The molecule has 0 heterocycles. The van der Waals surface area contributed by atoms with Crippen molar-refractivity contribution in [1.82, 2.24) is 0 Å². The van der Waals surface area contributed by atoms with Crippen molar-refractivity contribution in [3.8, 4) is 0 Å². The molecule has 74 valence electrons. The predicted molar refractivity (Wildman–Crippen MR) is 32.1 cm³/mol. The Balaban J connectivity index is 3.95. The second-order valence-corrected chi connectivity index (χ2v) is 2.15. The van der Waals surface area contributed by atoms with Gasteiger partial charge in [0.2, 0.25) is 0 Å². The van der Waals surface area contributed by atoms with Crippen molar-refractivity contribution in [2.24, 2.45) is 0 Å². The summed E-state index contributed by atoms with van der Waals surface area (Å²) in [6.07, 6.45) is -11.3. The van der Waals surface area contributed by atoms with Crippen molar-refractivity contribution in [2.45, 2.75) is 32.1 Å². The minimum atomic E-state index is -4.60. The quantitative estimate of drug-likeness (QED) is 0.622. The van der Waals surface area contributed by atoms with E-state index in [0.717, 1.165) is 0 Å². The first-order valence-electron chi connectivity index (χ1n) is 3.33. The van der Waals surface area contributed by atoms with Crippen LogP contribution in [0.25, 0.3) is 0 Å². The van der Waals surface area contributed by atoms with E-state index >= 15 is 0 Å². The molecule has 0 aromatic rings. The molecule has 0 aromatic carbocycles. The lowest BCUT2D eigenvalue weighted by molar-refractivity contribution is -0.179. The number of hydrogen-bond acceptors (Lipinski definition) is 1. The molecular formula is C6H9F5O. The van der Waals surface area contributed by atoms with Gasteiger partial charge in [-0.15, -0.1) is 0 Å². The second kappa shape index (κ2) is 4.59. The van der Waals surface area contributed by atoms with Crippen LogP contribution in [-0.2, 0) is 4.74 Å². The normalized spacial score (nSPS) is 15.2. The Labute approximate surface area is 66.5 Å². The summed E-state index contributed by atoms with van der Waals surface area (Å²) in [5.41, 5.74) is 0. The first-order chi connectivity index (χ1) is 5.37. The van der Waals surface area contributed by atoms with Crippen LogP contribution in [0.1, 0.15) is 13.3 Å². The lowest BCUT2D eigenvalue weighted by Crippen LogP contribution is -2.28. The molecule has 0 spiro atoms. The molecule has 0 amide bonds. The maximum atomic E-state index is 11.8. The zero-order valence-electron chi connectivity index (χ0n) is 6.37. The van der Waals surface area contributed by atoms with Crippen LogP contribution in [0, 0.1) is 0 Å². The molecule has 0 aliphatic rings. The van der Waals surface area contributed by atoms with Gasteiger partial charge in [0.25, 0.3) is 6.43 Å². The van der Waals surface area contributed by atoms with E-state index in [1.165, 1.54) is 6.92 Å². The highest BCUT2D eigenvalue weighted by Crippen LogP contribution is 2.25. The molecule has 1 atom stereocenters. The van der Waals surface area contributed by atoms with Crippen LogP contribution in [0.2, 0.25) is 0 Å². The summed E-state index contributed by atoms with van der Waals surface area (Å²) in [5, 5.41) is 0. The molecule has 0 rings (SSSR count). The molecule has 1 nitrogen and oxygen atoms in total. The number of rotatable bonds is 4. The number of ether oxygens (including phenoxy) is 1. The van der Waals surface area contributed by atoms with E-state index in [4.69, 9.17) is 0 Å². The van der Waals surface area contributed by atoms with Gasteiger partial charge < -0.3 is 4.74 Å². The minimum Gasteiger partial charge on any atom is -0.372 e. The Kier molecular flexibility index (Phi) is 4.44. The summed E-state index contributed by atoms with van der Waals surface area (Å²) in [7, 11) is 0. The van der Waals surface area contributed by atoms with Crippen molar-refractivity contribution in [3.63, 3.8) is 0 Å². The Bertz CT molecular complexity index is 122. The fourth-order valence-electron chi connectivity index (χ4n) is 0.663. The maximum absolute atomic E-state index is 11.8. The van der Waals surface area contributed by atoms with Gasteiger partial charge in [-0.1, -0.05) is 0 Å². The van der Waals surface area contributed by atoms with Crippen molar-refractivity contribution >= 4 is 0 Å². The average Bonchev–Trinajstić information content (AvgIpc) is 1.83. The molecule has 12 heavy (non-hydrogen) atoms. The smallest absolute Gasteiger partial charge is 0.372 e. The molecular weight excluding hydrogens is 183 g/mol. The van der Waals surface area contributed by atoms with Crippen LogP contribution in [0.5, 0.6) is 0 Å². The van der Waals surface area contributed by atoms with E-state index in [0.29, 0.717) is 0 Å². The summed E-state index contributed by atoms with van der Waals surface area (Å²) in [6.45, 7) is 1.22. The molecule has 0 saturated heterocycles. The molecule has 0 aromatic heterocycles. The minimum absolute atomic E-state index is 0.148. The van der Waals surface area contributed by atoms with Crippen molar-refractivity contribution in [2.75, 3.05) is 6.61 Å². The number of hydrogen-bond donors (Lipinski definition) is 0. The highest BCUT2D eigenvalue weighted by atomic mass is 19.4. The van der Waals surface area contributed by atoms with Gasteiger partial charge in [0, 0.05) is 6.61 Å². The summed E-state index contributed by atoms with van der Waals surface area (Å²) in [4.78, 5) is 0. The Morgan fingerprint density at radius 3 is 2.00 bits per heavy atom. The van der Waals surface area contributed by atoms with Crippen LogP contribution < -0.4 is 0 Å². The number of alkyl halides is 5. The van der Waals surface area contributed by atoms with E-state index in [2.05, 4.69) is 4.74 Å². The van der Waals surface area contributed by atoms with Crippen molar-refractivity contribution in [3.05, 3.63) is 0 Å². The summed E-state index contributed by atoms with van der Waals surface area (Å²) in [6, 6.07) is 0. The number of halogens is 5. The molecule has 0 radical (unpaired) electrons. The summed E-state index contributed by atoms with van der Waals surface area (Å²) in [5.74, 6) is 0. The first kappa shape index (κ1) is 11.6. The Morgan fingerprint density at radius 1 is 1.25 bits per heavy atom. The zero-order valence-corrected chi connectivity index (χ0v) is 6.37. The summed E-state index contributed by atoms with van der Waals surface area (Å²) < 4.78 is 62.5. The van der Waals surface area contributed by atoms with E-state index in [9.17, 15) is 22.0 Å². The van der Waals surface area contributed by atoms with E-state index < -0.39 is 25.1 Å². The van der Waals surface area contributed by atoms with Crippen LogP contribution in [0.3, 0.4) is 0 Å². The van der Waals surface area contributed by atoms with E-state index in [1.807, 2.05) is 0 Å². The molecule has 1 unspecified atom stereocenters. The molecule has 0 N–H and O–H groups in total. The molecule has 0 fully saturated rings. The van der Waals surface area contributed by atoms with Crippen LogP contribution in [0.15, 0.2) is 0 Å². The SMILES string of the molecule is CCOC(CC(F)(F)F)C(F)F. The largest absolute Gasteiger partial charge is 0.391 e. The predicted octanol–water partition coefficient (Wildman–Crippen LogP) is 2.61. The van der Waals surface area contributed by atoms with Crippen molar-refractivity contribution < 1.29 is 26.7 Å². The third-order valence-electron chi connectivity index (χ3n) is 1.09. The van der Waals surface area contributed by atoms with Crippen LogP contribution in [0.4, 0.5) is 22.0 Å². The Morgan fingerprint density at radius 2 is 1.75 bits per heavy atom. The molecule has 0 aliphatic carbocycles. The van der Waals surface area contributed by atoms with Gasteiger partial charge in [-0.05, 0) is 6.92 Å². The van der Waals surface area contributed by atoms with Gasteiger partial charge in [-0.3, -0.25) is 0 Å². The van der Waals surface area contributed by atoms with Gasteiger partial charge in [-0.2, -0.15) is 13.2 Å². The first-order valence-corrected chi connectivity index (χ1v) is 3.33. The molecule has 0 saturated carbocycles. The topological polar surface area (TPSA) is 9.23 Å². The average molecular weight is 192 g/mol. The van der Waals surface area contributed by atoms with Crippen LogP contribution >= 0.6 is 0 Å². The Hall–Kier alpha value is -0.390. The zero-order chi connectivity index (χ0) is 9.78. The van der Waals surface area contributed by atoms with Gasteiger partial charge in [0.15, 0.2) is 0 Å². The van der Waals surface area contributed by atoms with E-state index in [-0.39, 0.29) is 6.61 Å². The standard InChI is InChI=1S/C6H9F5O/c1-2-12-4(5(7)8)3-6(9,10)11/h4-5H,2-3H2,1H3. The monoisotopic (exact) mass is 192 g/mol. The van der Waals surface area contributed by atoms with Crippen molar-refractivity contribution in [1.29, 1.82) is 0 Å². The van der Waals surface area contributed by atoms with Gasteiger partial charge in [0.05, 0.1) is 6.42 Å². The molecule has 0 bridgehead atoms. The fraction of sp³-hybridized carbons (Fsp3) is 1.00. The summed E-state index contributed by atoms with van der Waals surface area (Å²) >= 11 is 0. The van der Waals surface area contributed by atoms with E-state index in [1.54, 1.807) is 0 Å². The maximum Gasteiger partial charge on any atom is 0.391 e. The van der Waals surface area contributed by atoms with Gasteiger partial charge in [0.1, 0.15) is 6.10 Å². The third kappa shape index (κ3) is 5.29. The highest BCUT2D eigenvalue weighted by molar-refractivity contribution is 4.65. The second-order valence-electron chi connectivity index (χ2n) is 2.15. The lowest BCUT2D eigenvalue weighted by Gasteiger charge is -2.17. The van der Waals surface area contributed by atoms with Crippen LogP contribution in [-0.4, -0.2) is 25.3 Å². The molecule has 0 aliphatic heterocycles. The molecule has 6 heteroatoms.